The molecule has 0 spiro atoms. The minimum absolute atomic E-state index is 0.0326. The molecule has 0 saturated carbocycles. The molecule has 0 heterocycles. The van der Waals surface area contributed by atoms with E-state index >= 15 is 0 Å². The molecule has 1 aromatic carbocycles. The molecule has 2 N–H and O–H groups in total. The summed E-state index contributed by atoms with van der Waals surface area (Å²) in [4.78, 5) is 13.8. The molecule has 1 rings (SSSR count). The number of amides is 2. The van der Waals surface area contributed by atoms with Crippen LogP contribution in [0.4, 0.5) is 10.5 Å². The van der Waals surface area contributed by atoms with Gasteiger partial charge in [0.25, 0.3) is 0 Å². The Morgan fingerprint density at radius 1 is 1.45 bits per heavy atom. The maximum absolute atomic E-state index is 12.3. The number of halogens is 1. The van der Waals surface area contributed by atoms with Gasteiger partial charge in [-0.15, -0.1) is 0 Å². The van der Waals surface area contributed by atoms with Crippen molar-refractivity contribution in [1.82, 2.24) is 4.90 Å². The molecule has 0 saturated heterocycles. The highest BCUT2D eigenvalue weighted by Gasteiger charge is 2.20. The Bertz CT molecular complexity index is 464. The van der Waals surface area contributed by atoms with Crippen LogP contribution in [-0.2, 0) is 0 Å². The third-order valence-electron chi connectivity index (χ3n) is 2.75. The lowest BCUT2D eigenvalue weighted by Crippen LogP contribution is -2.43. The number of aliphatic hydroxyl groups excluding tert-OH is 1. The zero-order valence-corrected chi connectivity index (χ0v) is 12.9. The third kappa shape index (κ3) is 4.58. The summed E-state index contributed by atoms with van der Waals surface area (Å²) < 4.78 is 5.18. The van der Waals surface area contributed by atoms with E-state index in [2.05, 4.69) is 5.32 Å². The molecule has 0 aromatic heterocycles. The van der Waals surface area contributed by atoms with E-state index in [1.165, 1.54) is 7.11 Å². The monoisotopic (exact) mass is 300 g/mol. The Morgan fingerprint density at radius 2 is 2.10 bits per heavy atom. The largest absolute Gasteiger partial charge is 0.495 e. The number of aliphatic hydroxyl groups is 1. The first-order valence-electron chi connectivity index (χ1n) is 6.44. The van der Waals surface area contributed by atoms with Crippen molar-refractivity contribution in [2.45, 2.75) is 32.9 Å². The topological polar surface area (TPSA) is 61.8 Å². The summed E-state index contributed by atoms with van der Waals surface area (Å²) in [6.45, 7) is 5.67. The van der Waals surface area contributed by atoms with Gasteiger partial charge in [-0.2, -0.15) is 0 Å². The van der Waals surface area contributed by atoms with Gasteiger partial charge >= 0.3 is 6.03 Å². The van der Waals surface area contributed by atoms with Crippen LogP contribution in [-0.4, -0.2) is 41.8 Å². The van der Waals surface area contributed by atoms with Crippen molar-refractivity contribution in [3.8, 4) is 5.75 Å². The summed E-state index contributed by atoms with van der Waals surface area (Å²) in [5, 5.41) is 12.7. The van der Waals surface area contributed by atoms with Crippen LogP contribution in [0, 0.1) is 0 Å². The first-order valence-corrected chi connectivity index (χ1v) is 6.82. The normalized spacial score (nSPS) is 12.2. The van der Waals surface area contributed by atoms with Gasteiger partial charge in [-0.1, -0.05) is 11.6 Å². The Hall–Kier alpha value is -1.46. The number of rotatable bonds is 5. The van der Waals surface area contributed by atoms with Crippen molar-refractivity contribution < 1.29 is 14.6 Å². The molecule has 1 aromatic rings. The molecule has 5 nitrogen and oxygen atoms in total. The Morgan fingerprint density at radius 3 is 2.60 bits per heavy atom. The van der Waals surface area contributed by atoms with Crippen LogP contribution < -0.4 is 10.1 Å². The fourth-order valence-electron chi connectivity index (χ4n) is 1.78. The highest BCUT2D eigenvalue weighted by Crippen LogP contribution is 2.28. The zero-order valence-electron chi connectivity index (χ0n) is 12.2. The molecular formula is C14H21ClN2O3. The Balaban J connectivity index is 2.90. The molecule has 112 valence electrons. The highest BCUT2D eigenvalue weighted by molar-refractivity contribution is 6.31. The number of methoxy groups -OCH3 is 1. The molecule has 2 amide bonds. The smallest absolute Gasteiger partial charge is 0.322 e. The molecule has 0 radical (unpaired) electrons. The number of benzene rings is 1. The van der Waals surface area contributed by atoms with E-state index in [1.54, 1.807) is 30.0 Å². The fraction of sp³-hybridized carbons (Fsp3) is 0.500. The van der Waals surface area contributed by atoms with E-state index in [1.807, 2.05) is 13.8 Å². The molecule has 0 bridgehead atoms. The number of anilines is 1. The van der Waals surface area contributed by atoms with Gasteiger partial charge < -0.3 is 20.1 Å². The lowest BCUT2D eigenvalue weighted by Gasteiger charge is -2.28. The quantitative estimate of drug-likeness (QED) is 0.879. The number of hydrogen-bond donors (Lipinski definition) is 2. The van der Waals surface area contributed by atoms with E-state index in [9.17, 15) is 9.90 Å². The van der Waals surface area contributed by atoms with Crippen LogP contribution in [0.15, 0.2) is 18.2 Å². The maximum atomic E-state index is 12.3. The van der Waals surface area contributed by atoms with Crippen LogP contribution >= 0.6 is 11.6 Å². The molecule has 1 unspecified atom stereocenters. The molecular weight excluding hydrogens is 280 g/mol. The first kappa shape index (κ1) is 16.6. The average Bonchev–Trinajstić information content (AvgIpc) is 2.35. The van der Waals surface area contributed by atoms with Crippen LogP contribution in [0.25, 0.3) is 0 Å². The molecule has 0 aliphatic heterocycles. The lowest BCUT2D eigenvalue weighted by molar-refractivity contribution is 0.125. The van der Waals surface area contributed by atoms with E-state index in [-0.39, 0.29) is 18.6 Å². The van der Waals surface area contributed by atoms with Crippen molar-refractivity contribution in [3.63, 3.8) is 0 Å². The van der Waals surface area contributed by atoms with Crippen LogP contribution in [0.2, 0.25) is 5.02 Å². The van der Waals surface area contributed by atoms with E-state index in [0.717, 1.165) is 0 Å². The summed E-state index contributed by atoms with van der Waals surface area (Å²) >= 11 is 5.92. The number of urea groups is 1. The second-order valence-electron chi connectivity index (χ2n) is 4.87. The first-order chi connectivity index (χ1) is 9.35. The van der Waals surface area contributed by atoms with Crippen LogP contribution in [0.3, 0.4) is 0 Å². The van der Waals surface area contributed by atoms with E-state index in [0.29, 0.717) is 16.5 Å². The van der Waals surface area contributed by atoms with Crippen molar-refractivity contribution in [3.05, 3.63) is 23.2 Å². The molecule has 1 atom stereocenters. The van der Waals surface area contributed by atoms with Gasteiger partial charge in [-0.05, 0) is 39.0 Å². The molecule has 0 fully saturated rings. The van der Waals surface area contributed by atoms with E-state index in [4.69, 9.17) is 16.3 Å². The number of ether oxygens (including phenoxy) is 1. The number of nitrogens with zero attached hydrogens (tertiary/aromatic N) is 1. The Kier molecular flexibility index (Phi) is 6.10. The zero-order chi connectivity index (χ0) is 15.3. The van der Waals surface area contributed by atoms with Gasteiger partial charge in [-0.25, -0.2) is 4.79 Å². The van der Waals surface area contributed by atoms with Gasteiger partial charge in [-0.3, -0.25) is 0 Å². The predicted molar refractivity (Wildman–Crippen MR) is 80.5 cm³/mol. The molecule has 0 aliphatic rings. The van der Waals surface area contributed by atoms with Gasteiger partial charge in [0.05, 0.1) is 18.9 Å². The predicted octanol–water partition coefficient (Wildman–Crippen LogP) is 2.97. The second kappa shape index (κ2) is 7.36. The molecule has 6 heteroatoms. The van der Waals surface area contributed by atoms with Crippen molar-refractivity contribution >= 4 is 23.3 Å². The van der Waals surface area contributed by atoms with Crippen LogP contribution in [0.1, 0.15) is 20.8 Å². The van der Waals surface area contributed by atoms with Gasteiger partial charge in [0, 0.05) is 17.6 Å². The number of nitrogens with one attached hydrogen (secondary N) is 1. The summed E-state index contributed by atoms with van der Waals surface area (Å²) in [7, 11) is 1.52. The van der Waals surface area contributed by atoms with Gasteiger partial charge in [0.1, 0.15) is 5.75 Å². The third-order valence-corrected chi connectivity index (χ3v) is 2.98. The summed E-state index contributed by atoms with van der Waals surface area (Å²) in [6, 6.07) is 4.66. The molecule has 0 aliphatic carbocycles. The number of hydrogen-bond acceptors (Lipinski definition) is 3. The summed E-state index contributed by atoms with van der Waals surface area (Å²) in [6.07, 6.45) is -0.593. The maximum Gasteiger partial charge on any atom is 0.322 e. The lowest BCUT2D eigenvalue weighted by atomic mass is 10.2. The average molecular weight is 301 g/mol. The number of carbonyl (C=O) groups is 1. The van der Waals surface area contributed by atoms with Crippen molar-refractivity contribution in [2.24, 2.45) is 0 Å². The summed E-state index contributed by atoms with van der Waals surface area (Å²) in [5.41, 5.74) is 0.501. The van der Waals surface area contributed by atoms with Crippen molar-refractivity contribution in [1.29, 1.82) is 0 Å². The minimum atomic E-state index is -0.593. The van der Waals surface area contributed by atoms with E-state index < -0.39 is 6.10 Å². The van der Waals surface area contributed by atoms with Gasteiger partial charge in [0.2, 0.25) is 0 Å². The number of carbonyl (C=O) groups excluding carboxylic acids is 1. The second-order valence-corrected chi connectivity index (χ2v) is 5.31. The standard InChI is InChI=1S/C14H21ClN2O3/c1-9(2)17(8-10(3)18)14(19)16-12-7-11(15)5-6-13(12)20-4/h5-7,9-10,18H,8H2,1-4H3,(H,16,19). The molecule has 20 heavy (non-hydrogen) atoms. The SMILES string of the molecule is COc1ccc(Cl)cc1NC(=O)N(CC(C)O)C(C)C. The fourth-order valence-corrected chi connectivity index (χ4v) is 1.95. The minimum Gasteiger partial charge on any atom is -0.495 e. The summed E-state index contributed by atoms with van der Waals surface area (Å²) in [5.74, 6) is 0.531. The highest BCUT2D eigenvalue weighted by atomic mass is 35.5. The van der Waals surface area contributed by atoms with Crippen molar-refractivity contribution in [2.75, 3.05) is 19.0 Å². The Labute approximate surface area is 124 Å². The van der Waals surface area contributed by atoms with Crippen LogP contribution in [0.5, 0.6) is 5.75 Å². The van der Waals surface area contributed by atoms with Gasteiger partial charge in [0.15, 0.2) is 0 Å².